The van der Waals surface area contributed by atoms with Gasteiger partial charge >= 0.3 is 5.97 Å². The van der Waals surface area contributed by atoms with Gasteiger partial charge in [-0.05, 0) is 13.0 Å². The van der Waals surface area contributed by atoms with E-state index in [1.807, 2.05) is 0 Å². The Morgan fingerprint density at radius 3 is 2.88 bits per heavy atom. The van der Waals surface area contributed by atoms with E-state index in [1.54, 1.807) is 25.1 Å². The molecule has 1 aromatic rings. The van der Waals surface area contributed by atoms with Gasteiger partial charge in [0.2, 0.25) is 5.88 Å². The Balaban J connectivity index is 2.80. The van der Waals surface area contributed by atoms with Crippen molar-refractivity contribution in [3.05, 3.63) is 23.9 Å². The van der Waals surface area contributed by atoms with E-state index >= 15 is 0 Å². The van der Waals surface area contributed by atoms with Crippen molar-refractivity contribution in [2.75, 3.05) is 13.7 Å². The highest BCUT2D eigenvalue weighted by atomic mass is 16.5. The number of nitrogens with two attached hydrogens (primary N) is 1. The van der Waals surface area contributed by atoms with Crippen LogP contribution in [-0.2, 0) is 9.53 Å². The van der Waals surface area contributed by atoms with E-state index in [0.29, 0.717) is 5.88 Å². The van der Waals surface area contributed by atoms with Crippen LogP contribution in [0, 0.1) is 0 Å². The molecular formula is C11H16N2O4. The number of aliphatic hydroxyl groups is 1. The Morgan fingerprint density at radius 2 is 2.29 bits per heavy atom. The van der Waals surface area contributed by atoms with Crippen LogP contribution in [0.4, 0.5) is 0 Å². The summed E-state index contributed by atoms with van der Waals surface area (Å²) < 4.78 is 9.63. The number of pyridine rings is 1. The maximum absolute atomic E-state index is 11.3. The van der Waals surface area contributed by atoms with Crippen molar-refractivity contribution in [3.63, 3.8) is 0 Å². The molecule has 1 heterocycles. The van der Waals surface area contributed by atoms with Crippen LogP contribution in [-0.4, -0.2) is 35.8 Å². The SMILES string of the molecule is CCOC(=O)[C@@H](N)[C@H](O)c1cccc(OC)n1. The smallest absolute Gasteiger partial charge is 0.326 e. The van der Waals surface area contributed by atoms with Crippen molar-refractivity contribution >= 4 is 5.97 Å². The summed E-state index contributed by atoms with van der Waals surface area (Å²) in [6.45, 7) is 1.88. The maximum Gasteiger partial charge on any atom is 0.326 e. The first-order chi connectivity index (χ1) is 8.10. The molecule has 0 bridgehead atoms. The lowest BCUT2D eigenvalue weighted by molar-refractivity contribution is -0.147. The second-order valence-corrected chi connectivity index (χ2v) is 3.33. The largest absolute Gasteiger partial charge is 0.481 e. The van der Waals surface area contributed by atoms with Gasteiger partial charge in [-0.1, -0.05) is 6.07 Å². The van der Waals surface area contributed by atoms with Gasteiger partial charge in [-0.15, -0.1) is 0 Å². The highest BCUT2D eigenvalue weighted by molar-refractivity contribution is 5.76. The predicted molar refractivity (Wildman–Crippen MR) is 60.4 cm³/mol. The zero-order chi connectivity index (χ0) is 12.8. The molecule has 1 rings (SSSR count). The molecule has 94 valence electrons. The number of aromatic nitrogens is 1. The van der Waals surface area contributed by atoms with E-state index in [9.17, 15) is 9.90 Å². The number of esters is 1. The summed E-state index contributed by atoms with van der Waals surface area (Å²) in [6, 6.07) is 3.69. The molecule has 0 spiro atoms. The Hall–Kier alpha value is -1.66. The van der Waals surface area contributed by atoms with E-state index in [4.69, 9.17) is 15.2 Å². The van der Waals surface area contributed by atoms with Crippen molar-refractivity contribution in [2.45, 2.75) is 19.1 Å². The lowest BCUT2D eigenvalue weighted by Crippen LogP contribution is -2.38. The van der Waals surface area contributed by atoms with Gasteiger partial charge in [0.1, 0.15) is 12.1 Å². The molecule has 2 atom stereocenters. The van der Waals surface area contributed by atoms with E-state index in [-0.39, 0.29) is 12.3 Å². The molecular weight excluding hydrogens is 224 g/mol. The van der Waals surface area contributed by atoms with Crippen molar-refractivity contribution in [3.8, 4) is 5.88 Å². The van der Waals surface area contributed by atoms with Gasteiger partial charge in [-0.3, -0.25) is 4.79 Å². The van der Waals surface area contributed by atoms with E-state index in [0.717, 1.165) is 0 Å². The predicted octanol–water partition coefficient (Wildman–Crippen LogP) is 0.0140. The molecule has 6 nitrogen and oxygen atoms in total. The summed E-state index contributed by atoms with van der Waals surface area (Å²) in [7, 11) is 1.46. The van der Waals surface area contributed by atoms with Gasteiger partial charge in [-0.25, -0.2) is 4.98 Å². The molecule has 17 heavy (non-hydrogen) atoms. The van der Waals surface area contributed by atoms with Crippen LogP contribution in [0.2, 0.25) is 0 Å². The van der Waals surface area contributed by atoms with Crippen LogP contribution in [0.3, 0.4) is 0 Å². The Kier molecular flexibility index (Phi) is 4.86. The monoisotopic (exact) mass is 240 g/mol. The highest BCUT2D eigenvalue weighted by Crippen LogP contribution is 2.17. The Bertz CT molecular complexity index is 383. The third-order valence-corrected chi connectivity index (χ3v) is 2.16. The van der Waals surface area contributed by atoms with Crippen molar-refractivity contribution in [1.29, 1.82) is 0 Å². The fraction of sp³-hybridized carbons (Fsp3) is 0.455. The van der Waals surface area contributed by atoms with Crippen LogP contribution < -0.4 is 10.5 Å². The second kappa shape index (κ2) is 6.17. The zero-order valence-electron chi connectivity index (χ0n) is 9.79. The molecule has 0 amide bonds. The Labute approximate surface area is 99.4 Å². The molecule has 0 aromatic carbocycles. The number of carbonyl (C=O) groups excluding carboxylic acids is 1. The molecule has 3 N–H and O–H groups in total. The van der Waals surface area contributed by atoms with E-state index < -0.39 is 18.1 Å². The molecule has 0 radical (unpaired) electrons. The zero-order valence-corrected chi connectivity index (χ0v) is 9.79. The third-order valence-electron chi connectivity index (χ3n) is 2.16. The molecule has 0 saturated carbocycles. The fourth-order valence-corrected chi connectivity index (χ4v) is 1.26. The van der Waals surface area contributed by atoms with Gasteiger partial charge in [0.15, 0.2) is 0 Å². The summed E-state index contributed by atoms with van der Waals surface area (Å²) in [4.78, 5) is 15.3. The molecule has 0 aliphatic heterocycles. The first-order valence-corrected chi connectivity index (χ1v) is 5.21. The van der Waals surface area contributed by atoms with Crippen LogP contribution in [0.5, 0.6) is 5.88 Å². The third kappa shape index (κ3) is 3.40. The number of hydrogen-bond acceptors (Lipinski definition) is 6. The normalized spacial score (nSPS) is 13.9. The van der Waals surface area contributed by atoms with Crippen LogP contribution in [0.1, 0.15) is 18.7 Å². The van der Waals surface area contributed by atoms with Gasteiger partial charge in [0, 0.05) is 6.07 Å². The lowest BCUT2D eigenvalue weighted by atomic mass is 10.1. The molecule has 0 saturated heterocycles. The van der Waals surface area contributed by atoms with Crippen LogP contribution in [0.25, 0.3) is 0 Å². The second-order valence-electron chi connectivity index (χ2n) is 3.33. The van der Waals surface area contributed by atoms with E-state index in [2.05, 4.69) is 4.98 Å². The van der Waals surface area contributed by atoms with Crippen molar-refractivity contribution < 1.29 is 19.4 Å². The first-order valence-electron chi connectivity index (χ1n) is 5.21. The number of methoxy groups -OCH3 is 1. The summed E-state index contributed by atoms with van der Waals surface area (Å²) in [5.74, 6) is -0.317. The van der Waals surface area contributed by atoms with Crippen LogP contribution >= 0.6 is 0 Å². The van der Waals surface area contributed by atoms with Gasteiger partial charge in [0.25, 0.3) is 0 Å². The number of hydrogen-bond donors (Lipinski definition) is 2. The quantitative estimate of drug-likeness (QED) is 0.704. The van der Waals surface area contributed by atoms with Gasteiger partial charge in [-0.2, -0.15) is 0 Å². The van der Waals surface area contributed by atoms with Gasteiger partial charge in [0.05, 0.1) is 19.4 Å². The average molecular weight is 240 g/mol. The number of rotatable bonds is 5. The number of nitrogens with zero attached hydrogens (tertiary/aromatic N) is 1. The lowest BCUT2D eigenvalue weighted by Gasteiger charge is -2.17. The summed E-state index contributed by atoms with van der Waals surface area (Å²) in [5, 5.41) is 9.86. The number of aliphatic hydroxyl groups excluding tert-OH is 1. The molecule has 0 aliphatic carbocycles. The van der Waals surface area contributed by atoms with E-state index in [1.165, 1.54) is 7.11 Å². The molecule has 0 fully saturated rings. The summed E-state index contributed by atoms with van der Waals surface area (Å²) in [5.41, 5.74) is 5.83. The number of ether oxygens (including phenoxy) is 2. The van der Waals surface area contributed by atoms with Gasteiger partial charge < -0.3 is 20.3 Å². The minimum atomic E-state index is -1.22. The number of carbonyl (C=O) groups is 1. The average Bonchev–Trinajstić information content (AvgIpc) is 2.37. The topological polar surface area (TPSA) is 94.7 Å². The minimum absolute atomic E-state index is 0.213. The maximum atomic E-state index is 11.3. The van der Waals surface area contributed by atoms with Crippen molar-refractivity contribution in [2.24, 2.45) is 5.73 Å². The fourth-order valence-electron chi connectivity index (χ4n) is 1.26. The summed E-state index contributed by atoms with van der Waals surface area (Å²) >= 11 is 0. The van der Waals surface area contributed by atoms with Crippen molar-refractivity contribution in [1.82, 2.24) is 4.98 Å². The first kappa shape index (κ1) is 13.4. The molecule has 1 aromatic heterocycles. The standard InChI is InChI=1S/C11H16N2O4/c1-3-17-11(15)9(12)10(14)7-5-4-6-8(13-7)16-2/h4-6,9-10,14H,3,12H2,1-2H3/t9-,10+/m0/s1. The molecule has 6 heteroatoms. The highest BCUT2D eigenvalue weighted by Gasteiger charge is 2.26. The summed E-state index contributed by atoms with van der Waals surface area (Å²) in [6.07, 6.45) is -1.22. The molecule has 0 aliphatic rings. The molecule has 0 unspecified atom stereocenters. The minimum Gasteiger partial charge on any atom is -0.481 e. The Morgan fingerprint density at radius 1 is 1.59 bits per heavy atom. The van der Waals surface area contributed by atoms with Crippen LogP contribution in [0.15, 0.2) is 18.2 Å².